The maximum absolute atomic E-state index is 8.91. The molecule has 0 aromatic heterocycles. The van der Waals surface area contributed by atoms with Crippen LogP contribution in [0.15, 0.2) is 11.6 Å². The van der Waals surface area contributed by atoms with Crippen LogP contribution in [0.5, 0.6) is 0 Å². The Morgan fingerprint density at radius 3 is 1.58 bits per heavy atom. The average Bonchev–Trinajstić information content (AvgIpc) is 1.78. The van der Waals surface area contributed by atoms with Gasteiger partial charge in [0.05, 0.1) is 6.07 Å². The van der Waals surface area contributed by atoms with E-state index in [1.807, 2.05) is 6.08 Å². The molecule has 0 saturated carbocycles. The van der Waals surface area contributed by atoms with Crippen LogP contribution < -0.4 is 0 Å². The molecule has 0 fully saturated rings. The van der Waals surface area contributed by atoms with Gasteiger partial charge in [-0.15, -0.1) is 0 Å². The fraction of sp³-hybridized carbons (Fsp3) is 0.727. The van der Waals surface area contributed by atoms with Gasteiger partial charge in [0, 0.05) is 5.57 Å². The molecule has 12 heavy (non-hydrogen) atoms. The van der Waals surface area contributed by atoms with Crippen molar-refractivity contribution < 1.29 is 0 Å². The third kappa shape index (κ3) is 4.18. The van der Waals surface area contributed by atoms with E-state index in [0.29, 0.717) is 0 Å². The van der Waals surface area contributed by atoms with Crippen LogP contribution >= 0.6 is 0 Å². The minimum Gasteiger partial charge on any atom is -0.193 e. The number of hydrogen-bond acceptors (Lipinski definition) is 1. The Balaban J connectivity index is 4.85. The molecule has 1 nitrogen and oxygen atoms in total. The Labute approximate surface area is 76.1 Å². The zero-order chi connectivity index (χ0) is 9.99. The van der Waals surface area contributed by atoms with Crippen LogP contribution in [0.4, 0.5) is 0 Å². The molecule has 0 spiro atoms. The Kier molecular flexibility index (Phi) is 3.10. The smallest absolute Gasteiger partial charge is 0.0949 e. The Morgan fingerprint density at radius 1 is 1.08 bits per heavy atom. The third-order valence-corrected chi connectivity index (χ3v) is 1.51. The van der Waals surface area contributed by atoms with Crippen LogP contribution in [-0.2, 0) is 0 Å². The fourth-order valence-electron chi connectivity index (χ4n) is 0.849. The number of allylic oxidation sites excluding steroid dienone is 2. The van der Waals surface area contributed by atoms with Gasteiger partial charge in [-0.3, -0.25) is 0 Å². The summed E-state index contributed by atoms with van der Waals surface area (Å²) in [6.07, 6.45) is 2.05. The number of nitrogens with zero attached hydrogens (tertiary/aromatic N) is 1. The molecule has 0 saturated heterocycles. The molecular formula is C11H19N. The van der Waals surface area contributed by atoms with E-state index in [9.17, 15) is 0 Å². The summed E-state index contributed by atoms with van der Waals surface area (Å²) in [4.78, 5) is 0. The molecular weight excluding hydrogens is 146 g/mol. The lowest BCUT2D eigenvalue weighted by Crippen LogP contribution is -2.12. The standard InChI is InChI=1S/C11H19N/c1-10(2,3)7-9(8-12)11(4,5)6/h7H,1-6H3. The Morgan fingerprint density at radius 2 is 1.50 bits per heavy atom. The van der Waals surface area contributed by atoms with Crippen molar-refractivity contribution in [2.75, 3.05) is 0 Å². The molecule has 0 heterocycles. The second-order valence-electron chi connectivity index (χ2n) is 5.29. The molecule has 0 rings (SSSR count). The topological polar surface area (TPSA) is 23.8 Å². The first-order valence-corrected chi connectivity index (χ1v) is 4.30. The van der Waals surface area contributed by atoms with Gasteiger partial charge in [-0.1, -0.05) is 47.6 Å². The molecule has 0 amide bonds. The van der Waals surface area contributed by atoms with Gasteiger partial charge in [-0.05, 0) is 10.8 Å². The van der Waals surface area contributed by atoms with Gasteiger partial charge in [0.1, 0.15) is 0 Å². The van der Waals surface area contributed by atoms with E-state index in [-0.39, 0.29) is 10.8 Å². The molecule has 1 heteroatoms. The van der Waals surface area contributed by atoms with Crippen LogP contribution in [-0.4, -0.2) is 0 Å². The first-order chi connectivity index (χ1) is 5.17. The highest BCUT2D eigenvalue weighted by atomic mass is 14.3. The molecule has 68 valence electrons. The quantitative estimate of drug-likeness (QED) is 0.504. The highest BCUT2D eigenvalue weighted by molar-refractivity contribution is 5.28. The van der Waals surface area contributed by atoms with Crippen molar-refractivity contribution in [2.24, 2.45) is 10.8 Å². The van der Waals surface area contributed by atoms with Gasteiger partial charge in [0.2, 0.25) is 0 Å². The monoisotopic (exact) mass is 165 g/mol. The fourth-order valence-corrected chi connectivity index (χ4v) is 0.849. The molecule has 0 unspecified atom stereocenters. The van der Waals surface area contributed by atoms with E-state index in [2.05, 4.69) is 47.6 Å². The SMILES string of the molecule is CC(C)(C)C=C(C#N)C(C)(C)C. The summed E-state index contributed by atoms with van der Waals surface area (Å²) in [6.45, 7) is 12.5. The Bertz CT molecular complexity index is 215. The lowest BCUT2D eigenvalue weighted by atomic mass is 9.82. The van der Waals surface area contributed by atoms with Gasteiger partial charge < -0.3 is 0 Å². The second-order valence-corrected chi connectivity index (χ2v) is 5.29. The Hall–Kier alpha value is -0.770. The van der Waals surface area contributed by atoms with E-state index in [0.717, 1.165) is 5.57 Å². The van der Waals surface area contributed by atoms with Crippen molar-refractivity contribution in [3.05, 3.63) is 11.6 Å². The van der Waals surface area contributed by atoms with Gasteiger partial charge in [-0.2, -0.15) is 5.26 Å². The summed E-state index contributed by atoms with van der Waals surface area (Å²) in [7, 11) is 0. The summed E-state index contributed by atoms with van der Waals surface area (Å²) >= 11 is 0. The minimum absolute atomic E-state index is 0.0258. The number of rotatable bonds is 0. The first kappa shape index (κ1) is 11.2. The molecule has 0 atom stereocenters. The highest BCUT2D eigenvalue weighted by Crippen LogP contribution is 2.29. The number of nitriles is 1. The molecule has 0 N–H and O–H groups in total. The predicted octanol–water partition coefficient (Wildman–Crippen LogP) is 3.53. The number of hydrogen-bond donors (Lipinski definition) is 0. The third-order valence-electron chi connectivity index (χ3n) is 1.51. The van der Waals surface area contributed by atoms with Crippen LogP contribution in [0.25, 0.3) is 0 Å². The molecule has 0 aliphatic heterocycles. The normalized spacial score (nSPS) is 14.2. The molecule has 0 aromatic rings. The zero-order valence-corrected chi connectivity index (χ0v) is 9.02. The summed E-state index contributed by atoms with van der Waals surface area (Å²) in [5.41, 5.74) is 0.940. The van der Waals surface area contributed by atoms with Gasteiger partial charge in [0.25, 0.3) is 0 Å². The molecule has 0 aliphatic rings. The predicted molar refractivity (Wildman–Crippen MR) is 52.6 cm³/mol. The van der Waals surface area contributed by atoms with Crippen LogP contribution in [0.1, 0.15) is 41.5 Å². The first-order valence-electron chi connectivity index (χ1n) is 4.30. The van der Waals surface area contributed by atoms with Gasteiger partial charge >= 0.3 is 0 Å². The highest BCUT2D eigenvalue weighted by Gasteiger charge is 2.19. The lowest BCUT2D eigenvalue weighted by Gasteiger charge is -2.21. The van der Waals surface area contributed by atoms with Crippen molar-refractivity contribution in [2.45, 2.75) is 41.5 Å². The molecule has 0 radical (unpaired) electrons. The average molecular weight is 165 g/mol. The molecule has 0 aliphatic carbocycles. The largest absolute Gasteiger partial charge is 0.193 e. The van der Waals surface area contributed by atoms with Crippen molar-refractivity contribution in [3.63, 3.8) is 0 Å². The van der Waals surface area contributed by atoms with Crippen molar-refractivity contribution in [1.82, 2.24) is 0 Å². The maximum atomic E-state index is 8.91. The van der Waals surface area contributed by atoms with E-state index >= 15 is 0 Å². The molecule has 0 bridgehead atoms. The van der Waals surface area contributed by atoms with E-state index in [1.54, 1.807) is 0 Å². The summed E-state index contributed by atoms with van der Waals surface area (Å²) in [6, 6.07) is 2.26. The lowest BCUT2D eigenvalue weighted by molar-refractivity contribution is 0.484. The van der Waals surface area contributed by atoms with Crippen molar-refractivity contribution in [3.8, 4) is 6.07 Å². The van der Waals surface area contributed by atoms with E-state index < -0.39 is 0 Å². The van der Waals surface area contributed by atoms with Gasteiger partial charge in [0.15, 0.2) is 0 Å². The maximum Gasteiger partial charge on any atom is 0.0949 e. The van der Waals surface area contributed by atoms with Crippen LogP contribution in [0.3, 0.4) is 0 Å². The van der Waals surface area contributed by atoms with Gasteiger partial charge in [-0.25, -0.2) is 0 Å². The summed E-state index contributed by atoms with van der Waals surface area (Å²) < 4.78 is 0. The van der Waals surface area contributed by atoms with Crippen molar-refractivity contribution >= 4 is 0 Å². The zero-order valence-electron chi connectivity index (χ0n) is 9.02. The van der Waals surface area contributed by atoms with Crippen molar-refractivity contribution in [1.29, 1.82) is 5.26 Å². The van der Waals surface area contributed by atoms with Crippen LogP contribution in [0, 0.1) is 22.2 Å². The van der Waals surface area contributed by atoms with Crippen LogP contribution in [0.2, 0.25) is 0 Å². The summed E-state index contributed by atoms with van der Waals surface area (Å²) in [5, 5.41) is 8.91. The molecule has 0 aromatic carbocycles. The van der Waals surface area contributed by atoms with E-state index in [4.69, 9.17) is 5.26 Å². The second kappa shape index (κ2) is 3.31. The van der Waals surface area contributed by atoms with E-state index in [1.165, 1.54) is 0 Å². The summed E-state index contributed by atoms with van der Waals surface area (Å²) in [5.74, 6) is 0. The minimum atomic E-state index is -0.0258.